The third kappa shape index (κ3) is 2.11. The molecule has 2 heterocycles. The zero-order valence-corrected chi connectivity index (χ0v) is 11.9. The fourth-order valence-electron chi connectivity index (χ4n) is 2.93. The van der Waals surface area contributed by atoms with E-state index >= 15 is 0 Å². The first-order valence-electron chi connectivity index (χ1n) is 7.27. The molecule has 4 rings (SSSR count). The van der Waals surface area contributed by atoms with Crippen molar-refractivity contribution in [1.82, 2.24) is 15.0 Å². The maximum atomic E-state index is 12.0. The molecule has 0 spiro atoms. The van der Waals surface area contributed by atoms with Crippen molar-refractivity contribution in [3.05, 3.63) is 60.0 Å². The lowest BCUT2D eigenvalue weighted by atomic mass is 9.87. The van der Waals surface area contributed by atoms with Gasteiger partial charge in [-0.3, -0.25) is 9.78 Å². The van der Waals surface area contributed by atoms with Crippen LogP contribution in [-0.4, -0.2) is 20.7 Å². The van der Waals surface area contributed by atoms with E-state index in [9.17, 15) is 4.79 Å². The van der Waals surface area contributed by atoms with Gasteiger partial charge < -0.3 is 5.32 Å². The zero-order chi connectivity index (χ0) is 14.9. The predicted octanol–water partition coefficient (Wildman–Crippen LogP) is 3.15. The van der Waals surface area contributed by atoms with Crippen LogP contribution < -0.4 is 5.32 Å². The van der Waals surface area contributed by atoms with Crippen LogP contribution >= 0.6 is 0 Å². The van der Waals surface area contributed by atoms with Gasteiger partial charge >= 0.3 is 0 Å². The van der Waals surface area contributed by atoms with Crippen LogP contribution in [0.1, 0.15) is 34.8 Å². The first-order chi connectivity index (χ1) is 10.8. The van der Waals surface area contributed by atoms with E-state index in [0.717, 1.165) is 28.6 Å². The summed E-state index contributed by atoms with van der Waals surface area (Å²) in [6.45, 7) is 0. The average molecular weight is 290 g/mol. The van der Waals surface area contributed by atoms with Crippen LogP contribution in [0.4, 0.5) is 5.82 Å². The Morgan fingerprint density at radius 1 is 1.05 bits per heavy atom. The highest BCUT2D eigenvalue weighted by atomic mass is 16.1. The molecule has 3 aromatic rings. The number of aromatic nitrogens is 3. The fourth-order valence-corrected chi connectivity index (χ4v) is 2.93. The number of carbonyl (C=O) groups excluding carboxylic acids is 1. The number of hydrogen-bond donors (Lipinski definition) is 1. The van der Waals surface area contributed by atoms with Crippen molar-refractivity contribution in [3.8, 4) is 0 Å². The van der Waals surface area contributed by atoms with Gasteiger partial charge in [-0.1, -0.05) is 24.3 Å². The molecule has 5 nitrogen and oxygen atoms in total. The maximum absolute atomic E-state index is 12.0. The number of Topliss-reactive ketones (excluding diaryl/α,β-unsaturated/α-hetero) is 1. The predicted molar refractivity (Wildman–Crippen MR) is 83.7 cm³/mol. The second-order valence-electron chi connectivity index (χ2n) is 5.34. The number of benzene rings is 1. The lowest BCUT2D eigenvalue weighted by Crippen LogP contribution is -2.21. The van der Waals surface area contributed by atoms with Crippen molar-refractivity contribution in [2.24, 2.45) is 0 Å². The minimum absolute atomic E-state index is 0.0639. The van der Waals surface area contributed by atoms with Crippen LogP contribution in [0.2, 0.25) is 0 Å². The van der Waals surface area contributed by atoms with Gasteiger partial charge in [-0.2, -0.15) is 0 Å². The molecule has 5 heteroatoms. The molecule has 1 unspecified atom stereocenters. The number of pyridine rings is 1. The second kappa shape index (κ2) is 5.18. The van der Waals surface area contributed by atoms with Crippen LogP contribution in [0, 0.1) is 0 Å². The molecule has 0 radical (unpaired) electrons. The van der Waals surface area contributed by atoms with Crippen molar-refractivity contribution >= 4 is 22.6 Å². The summed E-state index contributed by atoms with van der Waals surface area (Å²) in [5.41, 5.74) is 3.39. The second-order valence-corrected chi connectivity index (χ2v) is 5.34. The Kier molecular flexibility index (Phi) is 3.04. The van der Waals surface area contributed by atoms with E-state index in [-0.39, 0.29) is 11.8 Å². The molecule has 0 saturated carbocycles. The molecule has 0 aliphatic heterocycles. The van der Waals surface area contributed by atoms with E-state index < -0.39 is 0 Å². The van der Waals surface area contributed by atoms with E-state index in [2.05, 4.69) is 20.3 Å². The first kappa shape index (κ1) is 12.9. The number of ketones is 1. The lowest BCUT2D eigenvalue weighted by Gasteiger charge is -2.26. The Morgan fingerprint density at radius 3 is 2.91 bits per heavy atom. The number of nitrogens with zero attached hydrogens (tertiary/aromatic N) is 3. The molecule has 1 N–H and O–H groups in total. The van der Waals surface area contributed by atoms with Gasteiger partial charge in [-0.05, 0) is 24.1 Å². The summed E-state index contributed by atoms with van der Waals surface area (Å²) in [6, 6.07) is 11.6. The Balaban J connectivity index is 1.75. The zero-order valence-electron chi connectivity index (χ0n) is 11.9. The van der Waals surface area contributed by atoms with Crippen LogP contribution in [0.15, 0.2) is 48.9 Å². The van der Waals surface area contributed by atoms with Crippen LogP contribution in [0.3, 0.4) is 0 Å². The Morgan fingerprint density at radius 2 is 1.95 bits per heavy atom. The summed E-state index contributed by atoms with van der Waals surface area (Å²) in [5, 5.41) is 3.43. The minimum atomic E-state index is 0.0639. The Bertz CT molecular complexity index is 857. The largest absolute Gasteiger partial charge is 0.361 e. The standard InChI is InChI=1S/C17H14N4O/c22-15-8-7-13(11-4-1-2-5-12(11)15)21-17-16-14(19-10-20-17)6-3-9-18-16/h1-6,9-10,13H,7-8H2,(H,19,20,21). The summed E-state index contributed by atoms with van der Waals surface area (Å²) in [6.07, 6.45) is 4.57. The number of hydrogen-bond acceptors (Lipinski definition) is 5. The number of nitrogens with one attached hydrogen (secondary N) is 1. The fraction of sp³-hybridized carbons (Fsp3) is 0.176. The molecule has 108 valence electrons. The highest BCUT2D eigenvalue weighted by Crippen LogP contribution is 2.32. The minimum Gasteiger partial charge on any atom is -0.361 e. The van der Waals surface area contributed by atoms with Crippen molar-refractivity contribution in [2.45, 2.75) is 18.9 Å². The number of carbonyl (C=O) groups is 1. The third-order valence-electron chi connectivity index (χ3n) is 4.00. The maximum Gasteiger partial charge on any atom is 0.163 e. The van der Waals surface area contributed by atoms with Gasteiger partial charge in [-0.15, -0.1) is 0 Å². The quantitative estimate of drug-likeness (QED) is 0.785. The molecule has 0 bridgehead atoms. The SMILES string of the molecule is O=C1CCC(Nc2ncnc3cccnc23)c2ccccc21. The molecular weight excluding hydrogens is 276 g/mol. The van der Waals surface area contributed by atoms with E-state index in [1.54, 1.807) is 6.20 Å². The molecule has 1 aromatic carbocycles. The van der Waals surface area contributed by atoms with E-state index in [4.69, 9.17) is 0 Å². The first-order valence-corrected chi connectivity index (χ1v) is 7.27. The van der Waals surface area contributed by atoms with Gasteiger partial charge in [0.15, 0.2) is 11.6 Å². The lowest BCUT2D eigenvalue weighted by molar-refractivity contribution is 0.0968. The molecule has 1 aliphatic carbocycles. The van der Waals surface area contributed by atoms with Crippen LogP contribution in [0.25, 0.3) is 11.0 Å². The highest BCUT2D eigenvalue weighted by molar-refractivity contribution is 5.99. The summed E-state index contributed by atoms with van der Waals surface area (Å²) < 4.78 is 0. The van der Waals surface area contributed by atoms with Gasteiger partial charge in [0.1, 0.15) is 11.8 Å². The average Bonchev–Trinajstić information content (AvgIpc) is 2.58. The van der Waals surface area contributed by atoms with Gasteiger partial charge in [0.05, 0.1) is 11.6 Å². The Labute approximate surface area is 127 Å². The van der Waals surface area contributed by atoms with E-state index in [1.807, 2.05) is 36.4 Å². The van der Waals surface area contributed by atoms with Crippen LogP contribution in [-0.2, 0) is 0 Å². The number of fused-ring (bicyclic) bond motifs is 2. The molecule has 0 saturated heterocycles. The Hall–Kier alpha value is -2.82. The summed E-state index contributed by atoms with van der Waals surface area (Å²) in [5.74, 6) is 0.916. The highest BCUT2D eigenvalue weighted by Gasteiger charge is 2.25. The molecule has 1 atom stereocenters. The van der Waals surface area contributed by atoms with Crippen molar-refractivity contribution in [1.29, 1.82) is 0 Å². The van der Waals surface area contributed by atoms with Gasteiger partial charge in [-0.25, -0.2) is 9.97 Å². The summed E-state index contributed by atoms with van der Waals surface area (Å²) >= 11 is 0. The molecule has 22 heavy (non-hydrogen) atoms. The topological polar surface area (TPSA) is 67.8 Å². The molecule has 0 fully saturated rings. The third-order valence-corrected chi connectivity index (χ3v) is 4.00. The smallest absolute Gasteiger partial charge is 0.163 e. The molecule has 1 aliphatic rings. The van der Waals surface area contributed by atoms with Crippen molar-refractivity contribution < 1.29 is 4.79 Å². The van der Waals surface area contributed by atoms with Crippen molar-refractivity contribution in [3.63, 3.8) is 0 Å². The van der Waals surface area contributed by atoms with E-state index in [0.29, 0.717) is 12.2 Å². The number of anilines is 1. The van der Waals surface area contributed by atoms with Crippen molar-refractivity contribution in [2.75, 3.05) is 5.32 Å². The van der Waals surface area contributed by atoms with Gasteiger partial charge in [0.2, 0.25) is 0 Å². The normalized spacial score (nSPS) is 17.3. The number of rotatable bonds is 2. The molecule has 0 amide bonds. The van der Waals surface area contributed by atoms with Gasteiger partial charge in [0.25, 0.3) is 0 Å². The summed E-state index contributed by atoms with van der Waals surface area (Å²) in [7, 11) is 0. The van der Waals surface area contributed by atoms with Crippen LogP contribution in [0.5, 0.6) is 0 Å². The molecular formula is C17H14N4O. The summed E-state index contributed by atoms with van der Waals surface area (Å²) in [4.78, 5) is 24.9. The molecule has 2 aromatic heterocycles. The monoisotopic (exact) mass is 290 g/mol. The van der Waals surface area contributed by atoms with Gasteiger partial charge in [0, 0.05) is 18.2 Å². The van der Waals surface area contributed by atoms with E-state index in [1.165, 1.54) is 6.33 Å².